The molecule has 0 aliphatic heterocycles. The normalized spacial score (nSPS) is 11.3. The molecule has 1 heterocycles. The molecule has 0 unspecified atom stereocenters. The predicted molar refractivity (Wildman–Crippen MR) is 104 cm³/mol. The van der Waals surface area contributed by atoms with Gasteiger partial charge >= 0.3 is 5.97 Å². The van der Waals surface area contributed by atoms with E-state index in [-0.39, 0.29) is 22.7 Å². The van der Waals surface area contributed by atoms with E-state index in [1.54, 1.807) is 61.5 Å². The number of nitrogens with zero attached hydrogens (tertiary/aromatic N) is 2. The number of carbonyl (C=O) groups is 2. The van der Waals surface area contributed by atoms with E-state index in [2.05, 4.69) is 31.2 Å². The third-order valence-corrected chi connectivity index (χ3v) is 4.18. The van der Waals surface area contributed by atoms with Crippen LogP contribution in [0.5, 0.6) is 5.75 Å². The smallest absolute Gasteiger partial charge is 0.343 e. The number of aryl methyl sites for hydroxylation is 1. The number of H-pyrrole nitrogens is 1. The fourth-order valence-electron chi connectivity index (χ4n) is 2.42. The Labute approximate surface area is 163 Å². The molecule has 8 heteroatoms. The molecule has 136 valence electrons. The first-order valence-corrected chi connectivity index (χ1v) is 8.70. The van der Waals surface area contributed by atoms with E-state index < -0.39 is 11.8 Å². The van der Waals surface area contributed by atoms with Crippen LogP contribution in [0.2, 0.25) is 0 Å². The van der Waals surface area contributed by atoms with Gasteiger partial charge in [-0.2, -0.15) is 10.2 Å². The summed E-state index contributed by atoms with van der Waals surface area (Å²) in [6, 6.07) is 15.0. The molecule has 0 radical (unpaired) electrons. The number of hydrogen-bond acceptors (Lipinski definition) is 6. The zero-order valence-electron chi connectivity index (χ0n) is 14.3. The molecule has 27 heavy (non-hydrogen) atoms. The number of Topliss-reactive ketones (excluding diaryl/α,β-unsaturated/α-hetero) is 1. The minimum Gasteiger partial charge on any atom is -0.422 e. The van der Waals surface area contributed by atoms with E-state index in [0.717, 1.165) is 5.69 Å². The highest BCUT2D eigenvalue weighted by Gasteiger charge is 2.24. The third kappa shape index (κ3) is 4.12. The summed E-state index contributed by atoms with van der Waals surface area (Å²) < 4.78 is 6.15. The zero-order valence-corrected chi connectivity index (χ0v) is 15.9. The lowest BCUT2D eigenvalue weighted by Crippen LogP contribution is -2.20. The van der Waals surface area contributed by atoms with Gasteiger partial charge in [0.25, 0.3) is 0 Å². The van der Waals surface area contributed by atoms with Gasteiger partial charge in [0.2, 0.25) is 5.78 Å². The second kappa shape index (κ2) is 7.96. The summed E-state index contributed by atoms with van der Waals surface area (Å²) in [6.45, 7) is 1.77. The number of hydrazone groups is 1. The maximum Gasteiger partial charge on any atom is 0.343 e. The minimum absolute atomic E-state index is 0.0707. The molecular weight excluding hydrogens is 412 g/mol. The molecular formula is C19H15BrN4O3. The lowest BCUT2D eigenvalue weighted by molar-refractivity contribution is 0.0733. The topological polar surface area (TPSA) is 110 Å². The van der Waals surface area contributed by atoms with Gasteiger partial charge in [-0.1, -0.05) is 34.1 Å². The van der Waals surface area contributed by atoms with Gasteiger partial charge in [-0.05, 0) is 43.3 Å². The Balaban J connectivity index is 1.98. The van der Waals surface area contributed by atoms with Crippen molar-refractivity contribution in [1.82, 2.24) is 10.2 Å². The molecule has 0 saturated carbocycles. The molecule has 7 nitrogen and oxygen atoms in total. The van der Waals surface area contributed by atoms with Gasteiger partial charge in [0.05, 0.1) is 11.1 Å². The summed E-state index contributed by atoms with van der Waals surface area (Å²) in [4.78, 5) is 25.2. The average molecular weight is 427 g/mol. The fraction of sp³-hybridized carbons (Fsp3) is 0.0526. The highest BCUT2D eigenvalue weighted by Crippen LogP contribution is 2.26. The van der Waals surface area contributed by atoms with Crippen molar-refractivity contribution in [2.75, 3.05) is 0 Å². The zero-order chi connectivity index (χ0) is 19.4. The SMILES string of the molecule is Cc1cc(C(=O)/C(=N/N)c2cc(Br)ccc2OC(=O)c2ccccc2)n[nH]1. The molecule has 0 amide bonds. The third-order valence-electron chi connectivity index (χ3n) is 3.69. The van der Waals surface area contributed by atoms with Crippen molar-refractivity contribution < 1.29 is 14.3 Å². The van der Waals surface area contributed by atoms with Crippen LogP contribution >= 0.6 is 15.9 Å². The van der Waals surface area contributed by atoms with Crippen molar-refractivity contribution >= 4 is 33.4 Å². The molecule has 3 aromatic rings. The van der Waals surface area contributed by atoms with E-state index >= 15 is 0 Å². The number of ether oxygens (including phenoxy) is 1. The molecule has 3 N–H and O–H groups in total. The maximum absolute atomic E-state index is 12.8. The number of rotatable bonds is 5. The van der Waals surface area contributed by atoms with Gasteiger partial charge in [-0.25, -0.2) is 4.79 Å². The summed E-state index contributed by atoms with van der Waals surface area (Å²) in [5.74, 6) is 4.60. The van der Waals surface area contributed by atoms with Gasteiger partial charge in [0.15, 0.2) is 0 Å². The van der Waals surface area contributed by atoms with Gasteiger partial charge in [-0.15, -0.1) is 0 Å². The largest absolute Gasteiger partial charge is 0.422 e. The number of halogens is 1. The van der Waals surface area contributed by atoms with Crippen molar-refractivity contribution in [1.29, 1.82) is 0 Å². The van der Waals surface area contributed by atoms with E-state index in [4.69, 9.17) is 10.6 Å². The van der Waals surface area contributed by atoms with Gasteiger partial charge in [-0.3, -0.25) is 9.89 Å². The van der Waals surface area contributed by atoms with Crippen molar-refractivity contribution in [2.24, 2.45) is 10.9 Å². The molecule has 0 atom stereocenters. The Bertz CT molecular complexity index is 1030. The van der Waals surface area contributed by atoms with Gasteiger partial charge in [0, 0.05) is 10.2 Å². The molecule has 1 aromatic heterocycles. The molecule has 0 aliphatic carbocycles. The van der Waals surface area contributed by atoms with Crippen LogP contribution in [-0.4, -0.2) is 27.7 Å². The fourth-order valence-corrected chi connectivity index (χ4v) is 2.78. The molecule has 0 aliphatic rings. The Hall–Kier alpha value is -3.26. The summed E-state index contributed by atoms with van der Waals surface area (Å²) in [5, 5.41) is 10.3. The predicted octanol–water partition coefficient (Wildman–Crippen LogP) is 3.25. The summed E-state index contributed by atoms with van der Waals surface area (Å²) in [7, 11) is 0. The second-order valence-corrected chi connectivity index (χ2v) is 6.55. The summed E-state index contributed by atoms with van der Waals surface area (Å²) in [5.41, 5.74) is 1.48. The number of aromatic amines is 1. The summed E-state index contributed by atoms with van der Waals surface area (Å²) >= 11 is 3.35. The second-order valence-electron chi connectivity index (χ2n) is 5.64. The maximum atomic E-state index is 12.8. The van der Waals surface area contributed by atoms with Crippen molar-refractivity contribution in [3.8, 4) is 5.75 Å². The quantitative estimate of drug-likeness (QED) is 0.162. The monoisotopic (exact) mass is 426 g/mol. The van der Waals surface area contributed by atoms with Crippen LogP contribution in [0.15, 0.2) is 64.2 Å². The highest BCUT2D eigenvalue weighted by molar-refractivity contribution is 9.10. The number of esters is 1. The van der Waals surface area contributed by atoms with Crippen molar-refractivity contribution in [3.63, 3.8) is 0 Å². The Morgan fingerprint density at radius 2 is 1.89 bits per heavy atom. The van der Waals surface area contributed by atoms with E-state index in [9.17, 15) is 9.59 Å². The number of nitrogens with one attached hydrogen (secondary N) is 1. The van der Waals surface area contributed by atoms with Crippen LogP contribution in [-0.2, 0) is 0 Å². The van der Waals surface area contributed by atoms with Crippen LogP contribution in [0.1, 0.15) is 32.1 Å². The molecule has 3 rings (SSSR count). The van der Waals surface area contributed by atoms with Gasteiger partial charge in [0.1, 0.15) is 17.2 Å². The van der Waals surface area contributed by atoms with Crippen LogP contribution in [0.25, 0.3) is 0 Å². The first-order chi connectivity index (χ1) is 13.0. The Morgan fingerprint density at radius 3 is 2.52 bits per heavy atom. The first kappa shape index (κ1) is 18.5. The molecule has 0 saturated heterocycles. The van der Waals surface area contributed by atoms with Crippen LogP contribution in [0.4, 0.5) is 0 Å². The first-order valence-electron chi connectivity index (χ1n) is 7.91. The molecule has 0 bridgehead atoms. The average Bonchev–Trinajstić information content (AvgIpc) is 3.11. The van der Waals surface area contributed by atoms with Gasteiger partial charge < -0.3 is 10.6 Å². The minimum atomic E-state index is -0.557. The molecule has 0 spiro atoms. The number of aromatic nitrogens is 2. The Morgan fingerprint density at radius 1 is 1.15 bits per heavy atom. The highest BCUT2D eigenvalue weighted by atomic mass is 79.9. The number of hydrogen-bond donors (Lipinski definition) is 2. The summed E-state index contributed by atoms with van der Waals surface area (Å²) in [6.07, 6.45) is 0. The lowest BCUT2D eigenvalue weighted by atomic mass is 10.0. The number of carbonyl (C=O) groups excluding carboxylic acids is 2. The standard InChI is InChI=1S/C19H15BrN4O3/c1-11-9-15(24-23-11)18(25)17(22-21)14-10-13(20)7-8-16(14)27-19(26)12-5-3-2-4-6-12/h2-10H,21H2,1H3,(H,23,24)/b22-17+. The molecule has 0 fully saturated rings. The lowest BCUT2D eigenvalue weighted by Gasteiger charge is -2.11. The number of benzene rings is 2. The van der Waals surface area contributed by atoms with Crippen molar-refractivity contribution in [2.45, 2.75) is 6.92 Å². The van der Waals surface area contributed by atoms with Crippen molar-refractivity contribution in [3.05, 3.63) is 81.6 Å². The van der Waals surface area contributed by atoms with E-state index in [1.807, 2.05) is 0 Å². The van der Waals surface area contributed by atoms with Crippen LogP contribution in [0.3, 0.4) is 0 Å². The number of ketones is 1. The molecule has 2 aromatic carbocycles. The Kier molecular flexibility index (Phi) is 5.46. The van der Waals surface area contributed by atoms with E-state index in [1.165, 1.54) is 0 Å². The van der Waals surface area contributed by atoms with E-state index in [0.29, 0.717) is 10.0 Å². The van der Waals surface area contributed by atoms with Crippen LogP contribution in [0, 0.1) is 6.92 Å². The number of nitrogens with two attached hydrogens (primary N) is 1. The van der Waals surface area contributed by atoms with Crippen LogP contribution < -0.4 is 10.6 Å².